The first-order valence-corrected chi connectivity index (χ1v) is 7.49. The van der Waals surface area contributed by atoms with Gasteiger partial charge in [0, 0.05) is 32.2 Å². The number of ether oxygens (including phenoxy) is 1. The highest BCUT2D eigenvalue weighted by atomic mass is 16.5. The molecule has 0 aliphatic carbocycles. The molecule has 24 heavy (non-hydrogen) atoms. The summed E-state index contributed by atoms with van der Waals surface area (Å²) in [7, 11) is 3.07. The smallest absolute Gasteiger partial charge is 0.317 e. The predicted molar refractivity (Wildman–Crippen MR) is 88.2 cm³/mol. The third kappa shape index (κ3) is 6.15. The zero-order valence-corrected chi connectivity index (χ0v) is 14.0. The maximum absolute atomic E-state index is 11.9. The Labute approximate surface area is 140 Å². The van der Waals surface area contributed by atoms with E-state index in [1.807, 2.05) is 0 Å². The summed E-state index contributed by atoms with van der Waals surface area (Å²) >= 11 is 0. The summed E-state index contributed by atoms with van der Waals surface area (Å²) in [6, 6.07) is 6.29. The first-order chi connectivity index (χ1) is 11.3. The van der Waals surface area contributed by atoms with Crippen LogP contribution in [0.1, 0.15) is 17.3 Å². The van der Waals surface area contributed by atoms with Crippen LogP contribution in [0.4, 0.5) is 4.79 Å². The predicted octanol–water partition coefficient (Wildman–Crippen LogP) is 0.787. The zero-order valence-electron chi connectivity index (χ0n) is 14.0. The van der Waals surface area contributed by atoms with Crippen molar-refractivity contribution in [2.24, 2.45) is 5.92 Å². The van der Waals surface area contributed by atoms with Gasteiger partial charge in [0.25, 0.3) is 5.91 Å². The van der Waals surface area contributed by atoms with E-state index < -0.39 is 11.9 Å². The van der Waals surface area contributed by atoms with Crippen LogP contribution in [0.2, 0.25) is 0 Å². The van der Waals surface area contributed by atoms with Crippen molar-refractivity contribution in [3.63, 3.8) is 0 Å². The molecule has 1 aromatic rings. The number of aliphatic carboxylic acids is 1. The molecule has 0 aromatic heterocycles. The van der Waals surface area contributed by atoms with Crippen molar-refractivity contribution in [2.45, 2.75) is 6.92 Å². The van der Waals surface area contributed by atoms with E-state index in [0.717, 1.165) is 0 Å². The van der Waals surface area contributed by atoms with Crippen molar-refractivity contribution in [1.82, 2.24) is 15.5 Å². The standard InChI is InChI=1S/C16H23N3O5/c1-11(15(21)22)10-19(2)16(23)18-9-8-17-14(20)12-4-6-13(24-3)7-5-12/h4-7,11H,8-10H2,1-3H3,(H,17,20)(H,18,23)(H,21,22). The van der Waals surface area contributed by atoms with Crippen molar-refractivity contribution in [3.05, 3.63) is 29.8 Å². The van der Waals surface area contributed by atoms with Crippen molar-refractivity contribution >= 4 is 17.9 Å². The van der Waals surface area contributed by atoms with Gasteiger partial charge < -0.3 is 25.4 Å². The maximum Gasteiger partial charge on any atom is 0.317 e. The van der Waals surface area contributed by atoms with Crippen LogP contribution in [0.15, 0.2) is 24.3 Å². The Morgan fingerprint density at radius 2 is 1.75 bits per heavy atom. The molecule has 8 nitrogen and oxygen atoms in total. The molecule has 3 N–H and O–H groups in total. The number of urea groups is 1. The lowest BCUT2D eigenvalue weighted by Crippen LogP contribution is -2.43. The van der Waals surface area contributed by atoms with E-state index >= 15 is 0 Å². The topological polar surface area (TPSA) is 108 Å². The maximum atomic E-state index is 11.9. The molecule has 0 aliphatic rings. The molecule has 1 rings (SSSR count). The number of nitrogens with one attached hydrogen (secondary N) is 2. The van der Waals surface area contributed by atoms with Crippen LogP contribution in [0.3, 0.4) is 0 Å². The SMILES string of the molecule is COc1ccc(C(=O)NCCNC(=O)N(C)CC(C)C(=O)O)cc1. The van der Waals surface area contributed by atoms with Gasteiger partial charge >= 0.3 is 12.0 Å². The Hall–Kier alpha value is -2.77. The second-order valence-corrected chi connectivity index (χ2v) is 5.34. The van der Waals surface area contributed by atoms with E-state index in [0.29, 0.717) is 11.3 Å². The first kappa shape index (κ1) is 19.3. The average molecular weight is 337 g/mol. The van der Waals surface area contributed by atoms with E-state index in [4.69, 9.17) is 9.84 Å². The highest BCUT2D eigenvalue weighted by Crippen LogP contribution is 2.10. The molecule has 3 amide bonds. The summed E-state index contributed by atoms with van der Waals surface area (Å²) in [5.74, 6) is -1.19. The Balaban J connectivity index is 2.30. The summed E-state index contributed by atoms with van der Waals surface area (Å²) in [6.45, 7) is 2.14. The number of amides is 3. The van der Waals surface area contributed by atoms with Gasteiger partial charge in [0.05, 0.1) is 13.0 Å². The van der Waals surface area contributed by atoms with Gasteiger partial charge in [-0.05, 0) is 24.3 Å². The van der Waals surface area contributed by atoms with Crippen LogP contribution >= 0.6 is 0 Å². The molecule has 132 valence electrons. The van der Waals surface area contributed by atoms with Gasteiger partial charge in [-0.3, -0.25) is 9.59 Å². The molecule has 1 aromatic carbocycles. The molecule has 1 unspecified atom stereocenters. The molecule has 0 saturated carbocycles. The molecule has 0 fully saturated rings. The van der Waals surface area contributed by atoms with Gasteiger partial charge in [-0.1, -0.05) is 6.92 Å². The molecule has 8 heteroatoms. The van der Waals surface area contributed by atoms with Crippen LogP contribution < -0.4 is 15.4 Å². The van der Waals surface area contributed by atoms with Crippen molar-refractivity contribution in [1.29, 1.82) is 0 Å². The minimum atomic E-state index is -0.957. The number of carboxylic acid groups (broad SMARTS) is 1. The largest absolute Gasteiger partial charge is 0.497 e. The molecule has 0 spiro atoms. The Kier molecular flexibility index (Phi) is 7.54. The first-order valence-electron chi connectivity index (χ1n) is 7.49. The van der Waals surface area contributed by atoms with E-state index in [1.165, 1.54) is 18.9 Å². The highest BCUT2D eigenvalue weighted by Gasteiger charge is 2.16. The monoisotopic (exact) mass is 337 g/mol. The number of carbonyl (C=O) groups is 3. The lowest BCUT2D eigenvalue weighted by Gasteiger charge is -2.20. The van der Waals surface area contributed by atoms with E-state index in [9.17, 15) is 14.4 Å². The lowest BCUT2D eigenvalue weighted by atomic mass is 10.2. The third-order valence-electron chi connectivity index (χ3n) is 3.35. The van der Waals surface area contributed by atoms with Gasteiger partial charge in [-0.25, -0.2) is 4.79 Å². The minimum Gasteiger partial charge on any atom is -0.497 e. The zero-order chi connectivity index (χ0) is 18.1. The number of carboxylic acids is 1. The van der Waals surface area contributed by atoms with Crippen molar-refractivity contribution < 1.29 is 24.2 Å². The Morgan fingerprint density at radius 3 is 2.29 bits per heavy atom. The van der Waals surface area contributed by atoms with Gasteiger partial charge in [0.1, 0.15) is 5.75 Å². The molecule has 0 bridgehead atoms. The van der Waals surface area contributed by atoms with Gasteiger partial charge in [-0.15, -0.1) is 0 Å². The molecule has 0 heterocycles. The van der Waals surface area contributed by atoms with Crippen LogP contribution in [0.25, 0.3) is 0 Å². The quantitative estimate of drug-likeness (QED) is 0.608. The molecular weight excluding hydrogens is 314 g/mol. The normalized spacial score (nSPS) is 11.3. The van der Waals surface area contributed by atoms with E-state index in [1.54, 1.807) is 31.4 Å². The van der Waals surface area contributed by atoms with Crippen LogP contribution in [0, 0.1) is 5.92 Å². The number of nitrogens with zero attached hydrogens (tertiary/aromatic N) is 1. The molecular formula is C16H23N3O5. The van der Waals surface area contributed by atoms with Gasteiger partial charge in [0.15, 0.2) is 0 Å². The average Bonchev–Trinajstić information content (AvgIpc) is 2.58. The van der Waals surface area contributed by atoms with Crippen LogP contribution in [0.5, 0.6) is 5.75 Å². The van der Waals surface area contributed by atoms with Crippen molar-refractivity contribution in [2.75, 3.05) is 33.8 Å². The molecule has 0 saturated heterocycles. The van der Waals surface area contributed by atoms with Crippen LogP contribution in [-0.4, -0.2) is 61.7 Å². The van der Waals surface area contributed by atoms with E-state index in [2.05, 4.69) is 10.6 Å². The Morgan fingerprint density at radius 1 is 1.17 bits per heavy atom. The number of methoxy groups -OCH3 is 1. The summed E-state index contributed by atoms with van der Waals surface area (Å²) in [5.41, 5.74) is 0.495. The summed E-state index contributed by atoms with van der Waals surface area (Å²) in [5, 5.41) is 14.1. The number of rotatable bonds is 8. The molecule has 0 aliphatic heterocycles. The summed E-state index contributed by atoms with van der Waals surface area (Å²) < 4.78 is 5.02. The lowest BCUT2D eigenvalue weighted by molar-refractivity contribution is -0.141. The van der Waals surface area contributed by atoms with Crippen molar-refractivity contribution in [3.8, 4) is 5.75 Å². The third-order valence-corrected chi connectivity index (χ3v) is 3.35. The fraction of sp³-hybridized carbons (Fsp3) is 0.438. The Bertz CT molecular complexity index is 574. The van der Waals surface area contributed by atoms with Gasteiger partial charge in [-0.2, -0.15) is 0 Å². The number of hydrogen-bond donors (Lipinski definition) is 3. The van der Waals surface area contributed by atoms with Crippen LogP contribution in [-0.2, 0) is 4.79 Å². The molecule has 0 radical (unpaired) electrons. The number of benzene rings is 1. The van der Waals surface area contributed by atoms with E-state index in [-0.39, 0.29) is 31.6 Å². The number of carbonyl (C=O) groups excluding carboxylic acids is 2. The fourth-order valence-electron chi connectivity index (χ4n) is 1.90. The molecule has 1 atom stereocenters. The fourth-order valence-corrected chi connectivity index (χ4v) is 1.90. The minimum absolute atomic E-state index is 0.110. The summed E-state index contributed by atoms with van der Waals surface area (Å²) in [4.78, 5) is 35.7. The summed E-state index contributed by atoms with van der Waals surface area (Å²) in [6.07, 6.45) is 0. The number of hydrogen-bond acceptors (Lipinski definition) is 4. The highest BCUT2D eigenvalue weighted by molar-refractivity contribution is 5.94. The second-order valence-electron chi connectivity index (χ2n) is 5.34. The van der Waals surface area contributed by atoms with Gasteiger partial charge in [0.2, 0.25) is 0 Å². The second kappa shape index (κ2) is 9.39.